The summed E-state index contributed by atoms with van der Waals surface area (Å²) >= 11 is 5.91. The van der Waals surface area contributed by atoms with Crippen molar-refractivity contribution in [1.29, 1.82) is 0 Å². The fraction of sp³-hybridized carbons (Fsp3) is 0.118. The normalized spacial score (nSPS) is 10.5. The van der Waals surface area contributed by atoms with Crippen LogP contribution < -0.4 is 15.5 Å². The molecular weight excluding hydrogens is 346 g/mol. The molecule has 0 spiro atoms. The van der Waals surface area contributed by atoms with E-state index in [0.717, 1.165) is 0 Å². The predicted molar refractivity (Wildman–Crippen MR) is 94.2 cm³/mol. The number of ether oxygens (including phenoxy) is 1. The fourth-order valence-corrected chi connectivity index (χ4v) is 2.12. The lowest BCUT2D eigenvalue weighted by Crippen LogP contribution is -2.35. The molecule has 0 saturated carbocycles. The van der Waals surface area contributed by atoms with Crippen molar-refractivity contribution in [1.82, 2.24) is 10.7 Å². The average Bonchev–Trinajstić information content (AvgIpc) is 2.61. The molecule has 0 fully saturated rings. The van der Waals surface area contributed by atoms with Crippen LogP contribution in [0.3, 0.4) is 0 Å². The molecule has 0 aromatic heterocycles. The Morgan fingerprint density at radius 1 is 1.28 bits per heavy atom. The van der Waals surface area contributed by atoms with Gasteiger partial charge in [0, 0.05) is 0 Å². The van der Waals surface area contributed by atoms with Gasteiger partial charge in [-0.15, -0.1) is 0 Å². The Labute approximate surface area is 149 Å². The van der Waals surface area contributed by atoms with Gasteiger partial charge in [0.1, 0.15) is 0 Å². The molecule has 0 radical (unpaired) electrons. The third kappa shape index (κ3) is 5.22. The van der Waals surface area contributed by atoms with E-state index in [0.29, 0.717) is 16.3 Å². The van der Waals surface area contributed by atoms with Crippen LogP contribution >= 0.6 is 11.6 Å². The summed E-state index contributed by atoms with van der Waals surface area (Å²) in [6, 6.07) is 11.2. The number of amides is 2. The second-order valence-electron chi connectivity index (χ2n) is 4.89. The highest BCUT2D eigenvalue weighted by atomic mass is 35.5. The summed E-state index contributed by atoms with van der Waals surface area (Å²) in [4.78, 5) is 23.6. The molecule has 0 atom stereocenters. The van der Waals surface area contributed by atoms with Crippen LogP contribution in [0.4, 0.5) is 0 Å². The highest BCUT2D eigenvalue weighted by molar-refractivity contribution is 6.33. The molecule has 0 unspecified atom stereocenters. The van der Waals surface area contributed by atoms with Crippen molar-refractivity contribution in [3.8, 4) is 11.5 Å². The van der Waals surface area contributed by atoms with Crippen LogP contribution in [0.2, 0.25) is 5.02 Å². The van der Waals surface area contributed by atoms with Crippen LogP contribution in [0, 0.1) is 0 Å². The molecule has 130 valence electrons. The lowest BCUT2D eigenvalue weighted by Gasteiger charge is -2.06. The number of halogens is 1. The van der Waals surface area contributed by atoms with E-state index in [1.807, 2.05) is 0 Å². The number of benzene rings is 2. The van der Waals surface area contributed by atoms with Crippen LogP contribution in [-0.4, -0.2) is 36.8 Å². The highest BCUT2D eigenvalue weighted by Gasteiger charge is 2.10. The zero-order valence-electron chi connectivity index (χ0n) is 13.3. The number of hydrogen-bond acceptors (Lipinski definition) is 5. The minimum Gasteiger partial charge on any atom is -0.504 e. The molecule has 0 aliphatic heterocycles. The molecule has 2 amide bonds. The van der Waals surface area contributed by atoms with Gasteiger partial charge in [-0.2, -0.15) is 5.10 Å². The lowest BCUT2D eigenvalue weighted by atomic mass is 10.2. The second-order valence-corrected chi connectivity index (χ2v) is 5.29. The minimum absolute atomic E-state index is 0.00553. The molecule has 25 heavy (non-hydrogen) atoms. The van der Waals surface area contributed by atoms with Crippen LogP contribution in [0.15, 0.2) is 47.6 Å². The number of nitrogens with one attached hydrogen (secondary N) is 2. The average molecular weight is 362 g/mol. The third-order valence-electron chi connectivity index (χ3n) is 3.13. The van der Waals surface area contributed by atoms with Gasteiger partial charge in [0.05, 0.1) is 30.5 Å². The van der Waals surface area contributed by atoms with Crippen molar-refractivity contribution in [3.05, 3.63) is 58.6 Å². The first-order valence-corrected chi connectivity index (χ1v) is 7.60. The Balaban J connectivity index is 1.84. The van der Waals surface area contributed by atoms with E-state index in [9.17, 15) is 14.7 Å². The van der Waals surface area contributed by atoms with Gasteiger partial charge in [0.25, 0.3) is 11.8 Å². The molecule has 0 heterocycles. The molecule has 2 rings (SSSR count). The number of rotatable bonds is 6. The number of nitrogens with zero attached hydrogens (tertiary/aromatic N) is 1. The molecular formula is C17H16ClN3O4. The number of phenolic OH excluding ortho intramolecular Hbond substituents is 1. The Hall–Kier alpha value is -3.06. The number of carbonyl (C=O) groups excluding carboxylic acids is 2. The summed E-state index contributed by atoms with van der Waals surface area (Å²) in [5.41, 5.74) is 3.19. The third-order valence-corrected chi connectivity index (χ3v) is 3.46. The second kappa shape index (κ2) is 8.70. The van der Waals surface area contributed by atoms with E-state index in [2.05, 4.69) is 15.8 Å². The van der Waals surface area contributed by atoms with Crippen LogP contribution in [-0.2, 0) is 4.79 Å². The SMILES string of the molecule is COc1cc(C=NNC(=O)CNC(=O)c2ccccc2Cl)ccc1O. The maximum absolute atomic E-state index is 11.9. The van der Waals surface area contributed by atoms with Crippen LogP contribution in [0.1, 0.15) is 15.9 Å². The summed E-state index contributed by atoms with van der Waals surface area (Å²) < 4.78 is 4.97. The predicted octanol–water partition coefficient (Wildman–Crippen LogP) is 1.93. The van der Waals surface area contributed by atoms with Crippen molar-refractivity contribution in [2.75, 3.05) is 13.7 Å². The molecule has 0 bridgehead atoms. The van der Waals surface area contributed by atoms with E-state index in [1.54, 1.807) is 36.4 Å². The number of hydrogen-bond donors (Lipinski definition) is 3. The molecule has 8 heteroatoms. The first kappa shape index (κ1) is 18.3. The van der Waals surface area contributed by atoms with E-state index in [4.69, 9.17) is 16.3 Å². The van der Waals surface area contributed by atoms with E-state index in [-0.39, 0.29) is 17.9 Å². The lowest BCUT2D eigenvalue weighted by molar-refractivity contribution is -0.120. The molecule has 2 aromatic rings. The summed E-state index contributed by atoms with van der Waals surface area (Å²) in [5, 5.41) is 16.0. The zero-order valence-corrected chi connectivity index (χ0v) is 14.1. The first-order valence-electron chi connectivity index (χ1n) is 7.23. The topological polar surface area (TPSA) is 100 Å². The van der Waals surface area contributed by atoms with Crippen molar-refractivity contribution in [2.45, 2.75) is 0 Å². The standard InChI is InChI=1S/C17H16ClN3O4/c1-25-15-8-11(6-7-14(15)22)9-20-21-16(23)10-19-17(24)12-4-2-3-5-13(12)18/h2-9,22H,10H2,1H3,(H,19,24)(H,21,23). The Kier molecular flexibility index (Phi) is 6.36. The summed E-state index contributed by atoms with van der Waals surface area (Å²) in [7, 11) is 1.43. The minimum atomic E-state index is -0.498. The molecule has 0 aliphatic rings. The Bertz CT molecular complexity index is 808. The fourth-order valence-electron chi connectivity index (χ4n) is 1.89. The largest absolute Gasteiger partial charge is 0.504 e. The van der Waals surface area contributed by atoms with Gasteiger partial charge in [0.2, 0.25) is 0 Å². The van der Waals surface area contributed by atoms with Gasteiger partial charge < -0.3 is 15.2 Å². The van der Waals surface area contributed by atoms with Crippen LogP contribution in [0.25, 0.3) is 0 Å². The number of carbonyl (C=O) groups is 2. The van der Waals surface area contributed by atoms with Gasteiger partial charge in [-0.3, -0.25) is 9.59 Å². The maximum atomic E-state index is 11.9. The van der Waals surface area contributed by atoms with Crippen molar-refractivity contribution in [2.24, 2.45) is 5.10 Å². The van der Waals surface area contributed by atoms with Gasteiger partial charge >= 0.3 is 0 Å². The molecule has 0 saturated heterocycles. The summed E-state index contributed by atoms with van der Waals surface area (Å²) in [6.07, 6.45) is 1.38. The number of phenols is 1. The molecule has 0 aliphatic carbocycles. The van der Waals surface area contributed by atoms with Crippen molar-refractivity contribution in [3.63, 3.8) is 0 Å². The van der Waals surface area contributed by atoms with E-state index < -0.39 is 11.8 Å². The van der Waals surface area contributed by atoms with Gasteiger partial charge in [-0.25, -0.2) is 5.43 Å². The maximum Gasteiger partial charge on any atom is 0.259 e. The summed E-state index contributed by atoms with van der Waals surface area (Å²) in [6.45, 7) is -0.250. The Morgan fingerprint density at radius 3 is 2.76 bits per heavy atom. The molecule has 3 N–H and O–H groups in total. The first-order chi connectivity index (χ1) is 12.0. The smallest absolute Gasteiger partial charge is 0.259 e. The summed E-state index contributed by atoms with van der Waals surface area (Å²) in [5.74, 6) is -0.649. The van der Waals surface area contributed by atoms with Crippen molar-refractivity contribution < 1.29 is 19.4 Å². The number of methoxy groups -OCH3 is 1. The number of aromatic hydroxyl groups is 1. The quantitative estimate of drug-likeness (QED) is 0.540. The molecule has 2 aromatic carbocycles. The van der Waals surface area contributed by atoms with Gasteiger partial charge in [-0.1, -0.05) is 23.7 Å². The van der Waals surface area contributed by atoms with Gasteiger partial charge in [-0.05, 0) is 35.9 Å². The van der Waals surface area contributed by atoms with Gasteiger partial charge in [0.15, 0.2) is 11.5 Å². The van der Waals surface area contributed by atoms with E-state index >= 15 is 0 Å². The zero-order chi connectivity index (χ0) is 18.2. The van der Waals surface area contributed by atoms with E-state index in [1.165, 1.54) is 19.4 Å². The van der Waals surface area contributed by atoms with Crippen molar-refractivity contribution >= 4 is 29.6 Å². The Morgan fingerprint density at radius 2 is 2.04 bits per heavy atom. The monoisotopic (exact) mass is 361 g/mol. The highest BCUT2D eigenvalue weighted by Crippen LogP contribution is 2.25. The number of hydrazone groups is 1. The molecule has 7 nitrogen and oxygen atoms in total. The van der Waals surface area contributed by atoms with Crippen LogP contribution in [0.5, 0.6) is 11.5 Å².